The van der Waals surface area contributed by atoms with Gasteiger partial charge >= 0.3 is 5.97 Å². The lowest BCUT2D eigenvalue weighted by Gasteiger charge is -2.09. The Balaban J connectivity index is 1.93. The van der Waals surface area contributed by atoms with Crippen LogP contribution in [0.25, 0.3) is 0 Å². The maximum atomic E-state index is 11.7. The number of nitro groups is 1. The molecule has 0 radical (unpaired) electrons. The molecule has 0 aliphatic carbocycles. The van der Waals surface area contributed by atoms with Crippen LogP contribution >= 0.6 is 0 Å². The molecular formula is C16H14N2O6. The van der Waals surface area contributed by atoms with E-state index in [0.29, 0.717) is 0 Å². The molecule has 0 atom stereocenters. The van der Waals surface area contributed by atoms with Gasteiger partial charge in [-0.15, -0.1) is 0 Å². The van der Waals surface area contributed by atoms with Gasteiger partial charge < -0.3 is 15.2 Å². The van der Waals surface area contributed by atoms with E-state index in [1.807, 2.05) is 0 Å². The van der Waals surface area contributed by atoms with Crippen molar-refractivity contribution < 1.29 is 24.0 Å². The minimum Gasteiger partial charge on any atom is -0.481 e. The summed E-state index contributed by atoms with van der Waals surface area (Å²) in [5.74, 6) is -1.25. The molecule has 0 aliphatic rings. The molecule has 0 unspecified atom stereocenters. The Labute approximate surface area is 136 Å². The molecule has 2 rings (SSSR count). The summed E-state index contributed by atoms with van der Waals surface area (Å²) in [7, 11) is 0. The molecule has 8 heteroatoms. The van der Waals surface area contributed by atoms with Crippen LogP contribution < -0.4 is 10.5 Å². The first kappa shape index (κ1) is 16.9. The molecule has 2 aromatic carbocycles. The number of esters is 1. The lowest BCUT2D eigenvalue weighted by molar-refractivity contribution is -0.385. The van der Waals surface area contributed by atoms with Crippen molar-refractivity contribution in [2.45, 2.75) is 6.61 Å². The first-order chi connectivity index (χ1) is 11.5. The molecule has 0 bridgehead atoms. The third kappa shape index (κ3) is 4.29. The first-order valence-corrected chi connectivity index (χ1v) is 6.88. The lowest BCUT2D eigenvalue weighted by atomic mass is 10.2. The summed E-state index contributed by atoms with van der Waals surface area (Å²) < 4.78 is 10.2. The number of ether oxygens (including phenoxy) is 2. The Morgan fingerprint density at radius 3 is 2.46 bits per heavy atom. The molecule has 0 aromatic heterocycles. The zero-order chi connectivity index (χ0) is 17.5. The molecule has 0 saturated heterocycles. The molecule has 0 fully saturated rings. The summed E-state index contributed by atoms with van der Waals surface area (Å²) >= 11 is 0. The quantitative estimate of drug-likeness (QED) is 0.469. The van der Waals surface area contributed by atoms with Gasteiger partial charge in [0.15, 0.2) is 6.61 Å². The monoisotopic (exact) mass is 330 g/mol. The summed E-state index contributed by atoms with van der Waals surface area (Å²) in [5, 5.41) is 10.9. The lowest BCUT2D eigenvalue weighted by Crippen LogP contribution is -2.18. The Hall–Kier alpha value is -3.42. The zero-order valence-electron chi connectivity index (χ0n) is 12.5. The minimum atomic E-state index is -0.729. The van der Waals surface area contributed by atoms with Crippen LogP contribution in [0, 0.1) is 10.1 Å². The summed E-state index contributed by atoms with van der Waals surface area (Å²) in [5.41, 5.74) is 5.48. The van der Waals surface area contributed by atoms with Gasteiger partial charge in [-0.25, -0.2) is 4.79 Å². The third-order valence-electron chi connectivity index (χ3n) is 3.08. The van der Waals surface area contributed by atoms with E-state index < -0.39 is 23.4 Å². The summed E-state index contributed by atoms with van der Waals surface area (Å²) in [6, 6.07) is 12.1. The topological polar surface area (TPSA) is 122 Å². The van der Waals surface area contributed by atoms with E-state index in [1.54, 1.807) is 18.2 Å². The van der Waals surface area contributed by atoms with Crippen LogP contribution in [0.3, 0.4) is 0 Å². The molecule has 0 saturated carbocycles. The highest BCUT2D eigenvalue weighted by molar-refractivity contribution is 5.95. The number of carbonyl (C=O) groups is 2. The van der Waals surface area contributed by atoms with Gasteiger partial charge in [0.25, 0.3) is 11.6 Å². The number of carbonyl (C=O) groups excluding carboxylic acids is 2. The Morgan fingerprint density at radius 1 is 1.08 bits per heavy atom. The summed E-state index contributed by atoms with van der Waals surface area (Å²) in [4.78, 5) is 33.3. The van der Waals surface area contributed by atoms with Crippen molar-refractivity contribution in [1.82, 2.24) is 0 Å². The molecule has 0 spiro atoms. The Kier molecular flexibility index (Phi) is 5.45. The smallest absolute Gasteiger partial charge is 0.344 e. The second kappa shape index (κ2) is 7.73. The fraction of sp³-hybridized carbons (Fsp3) is 0.125. The van der Waals surface area contributed by atoms with Crippen molar-refractivity contribution in [3.05, 3.63) is 69.8 Å². The van der Waals surface area contributed by atoms with E-state index >= 15 is 0 Å². The minimum absolute atomic E-state index is 0.134. The standard InChI is InChI=1S/C16H14N2O6/c17-16(20)12-6-2-4-8-14(12)23-10-15(19)24-9-11-5-1-3-7-13(11)18(21)22/h1-8H,9-10H2,(H2,17,20). The Bertz CT molecular complexity index is 711. The maximum absolute atomic E-state index is 11.7. The summed E-state index contributed by atoms with van der Waals surface area (Å²) in [6.07, 6.45) is 0. The van der Waals surface area contributed by atoms with Crippen LogP contribution in [0.15, 0.2) is 48.5 Å². The van der Waals surface area contributed by atoms with Crippen molar-refractivity contribution in [2.24, 2.45) is 5.73 Å². The number of nitrogens with zero attached hydrogens (tertiary/aromatic N) is 1. The second-order valence-electron chi connectivity index (χ2n) is 4.70. The number of rotatable bonds is 7. The Morgan fingerprint density at radius 2 is 1.75 bits per heavy atom. The number of nitro benzene ring substituents is 1. The molecule has 24 heavy (non-hydrogen) atoms. The van der Waals surface area contributed by atoms with Crippen LogP contribution in [0.4, 0.5) is 5.69 Å². The number of amides is 1. The molecular weight excluding hydrogens is 316 g/mol. The molecule has 0 aliphatic heterocycles. The second-order valence-corrected chi connectivity index (χ2v) is 4.70. The van der Waals surface area contributed by atoms with Gasteiger partial charge in [-0.2, -0.15) is 0 Å². The van der Waals surface area contributed by atoms with Crippen molar-refractivity contribution in [3.8, 4) is 5.75 Å². The number of benzene rings is 2. The van der Waals surface area contributed by atoms with Gasteiger partial charge in [0.05, 0.1) is 16.1 Å². The predicted octanol–water partition coefficient (Wildman–Crippen LogP) is 1.82. The average Bonchev–Trinajstić information content (AvgIpc) is 2.58. The first-order valence-electron chi connectivity index (χ1n) is 6.88. The van der Waals surface area contributed by atoms with Crippen molar-refractivity contribution in [1.29, 1.82) is 0 Å². The van der Waals surface area contributed by atoms with Crippen molar-refractivity contribution in [2.75, 3.05) is 6.61 Å². The molecule has 0 heterocycles. The fourth-order valence-electron chi connectivity index (χ4n) is 1.94. The van der Waals surface area contributed by atoms with E-state index in [2.05, 4.69) is 0 Å². The molecule has 2 aromatic rings. The average molecular weight is 330 g/mol. The SMILES string of the molecule is NC(=O)c1ccccc1OCC(=O)OCc1ccccc1[N+](=O)[O-]. The van der Waals surface area contributed by atoms with Crippen LogP contribution in [0.2, 0.25) is 0 Å². The zero-order valence-corrected chi connectivity index (χ0v) is 12.5. The van der Waals surface area contributed by atoms with E-state index in [4.69, 9.17) is 15.2 Å². The highest BCUT2D eigenvalue weighted by Crippen LogP contribution is 2.19. The van der Waals surface area contributed by atoms with Gasteiger partial charge in [0.2, 0.25) is 0 Å². The molecule has 1 amide bonds. The van der Waals surface area contributed by atoms with E-state index in [0.717, 1.165) is 0 Å². The maximum Gasteiger partial charge on any atom is 0.344 e. The highest BCUT2D eigenvalue weighted by atomic mass is 16.6. The number of hydrogen-bond acceptors (Lipinski definition) is 6. The van der Waals surface area contributed by atoms with Crippen LogP contribution in [-0.2, 0) is 16.1 Å². The van der Waals surface area contributed by atoms with Crippen LogP contribution in [-0.4, -0.2) is 23.4 Å². The van der Waals surface area contributed by atoms with Crippen molar-refractivity contribution in [3.63, 3.8) is 0 Å². The van der Waals surface area contributed by atoms with E-state index in [9.17, 15) is 19.7 Å². The predicted molar refractivity (Wildman–Crippen MR) is 83.3 cm³/mol. The van der Waals surface area contributed by atoms with Gasteiger partial charge in [0, 0.05) is 6.07 Å². The van der Waals surface area contributed by atoms with Gasteiger partial charge in [0.1, 0.15) is 12.4 Å². The number of primary amides is 1. The van der Waals surface area contributed by atoms with Crippen LogP contribution in [0.1, 0.15) is 15.9 Å². The fourth-order valence-corrected chi connectivity index (χ4v) is 1.94. The van der Waals surface area contributed by atoms with Gasteiger partial charge in [-0.3, -0.25) is 14.9 Å². The van der Waals surface area contributed by atoms with Crippen LogP contribution in [0.5, 0.6) is 5.75 Å². The van der Waals surface area contributed by atoms with Gasteiger partial charge in [-0.05, 0) is 18.2 Å². The van der Waals surface area contributed by atoms with Gasteiger partial charge in [-0.1, -0.05) is 24.3 Å². The highest BCUT2D eigenvalue weighted by Gasteiger charge is 2.15. The molecule has 8 nitrogen and oxygen atoms in total. The molecule has 124 valence electrons. The summed E-state index contributed by atoms with van der Waals surface area (Å²) in [6.45, 7) is -0.707. The van der Waals surface area contributed by atoms with E-state index in [1.165, 1.54) is 30.3 Å². The third-order valence-corrected chi connectivity index (χ3v) is 3.08. The van der Waals surface area contributed by atoms with Crippen molar-refractivity contribution >= 4 is 17.6 Å². The number of hydrogen-bond donors (Lipinski definition) is 1. The normalized spacial score (nSPS) is 10.0. The number of para-hydroxylation sites is 2. The molecule has 2 N–H and O–H groups in total. The number of nitrogens with two attached hydrogens (primary N) is 1. The largest absolute Gasteiger partial charge is 0.481 e. The van der Waals surface area contributed by atoms with E-state index in [-0.39, 0.29) is 29.2 Å².